The van der Waals surface area contributed by atoms with Gasteiger partial charge in [0.15, 0.2) is 6.10 Å². The van der Waals surface area contributed by atoms with Gasteiger partial charge in [-0.3, -0.25) is 9.59 Å². The van der Waals surface area contributed by atoms with Crippen LogP contribution in [0.5, 0.6) is 0 Å². The summed E-state index contributed by atoms with van der Waals surface area (Å²) in [5.74, 6) is -0.739. The third kappa shape index (κ3) is 41.6. The fourth-order valence-corrected chi connectivity index (χ4v) is 4.54. The van der Waals surface area contributed by atoms with E-state index in [-0.39, 0.29) is 31.6 Å². The van der Waals surface area contributed by atoms with Crippen LogP contribution >= 0.6 is 0 Å². The number of esters is 2. The van der Waals surface area contributed by atoms with Crippen LogP contribution in [0.3, 0.4) is 0 Å². The van der Waals surface area contributed by atoms with E-state index < -0.39 is 6.10 Å². The van der Waals surface area contributed by atoms with Gasteiger partial charge in [-0.25, -0.2) is 0 Å². The first-order valence-corrected chi connectivity index (χ1v) is 19.3. The summed E-state index contributed by atoms with van der Waals surface area (Å²) in [6.45, 7) is 8.30. The average molecular weight is 659 g/mol. The van der Waals surface area contributed by atoms with Crippen molar-refractivity contribution in [3.05, 3.63) is 60.8 Å². The monoisotopic (exact) mass is 659 g/mol. The Labute approximate surface area is 291 Å². The molecule has 0 aromatic carbocycles. The van der Waals surface area contributed by atoms with Gasteiger partial charge in [0, 0.05) is 12.8 Å². The summed E-state index contributed by atoms with van der Waals surface area (Å²) >= 11 is 0. The molecule has 1 N–H and O–H groups in total. The number of unbranched alkanes of at least 4 members (excludes halogenated alkanes) is 13. The van der Waals surface area contributed by atoms with Crippen molar-refractivity contribution in [1.82, 2.24) is 0 Å². The van der Waals surface area contributed by atoms with E-state index >= 15 is 0 Å². The second-order valence-corrected chi connectivity index (χ2v) is 12.2. The molecule has 0 unspecified atom stereocenters. The van der Waals surface area contributed by atoms with Crippen LogP contribution in [0.15, 0.2) is 60.8 Å². The molecule has 0 fully saturated rings. The molecule has 5 nitrogen and oxygen atoms in total. The molecule has 0 saturated heterocycles. The van der Waals surface area contributed by atoms with E-state index in [4.69, 9.17) is 9.47 Å². The summed E-state index contributed by atoms with van der Waals surface area (Å²) in [6, 6.07) is 0. The molecule has 0 heterocycles. The number of hydrogen-bond donors (Lipinski definition) is 1. The minimum absolute atomic E-state index is 0.112. The Morgan fingerprint density at radius 3 is 1.34 bits per heavy atom. The van der Waals surface area contributed by atoms with Crippen LogP contribution < -0.4 is 0 Å². The van der Waals surface area contributed by atoms with Crippen LogP contribution in [0.4, 0.5) is 0 Å². The molecule has 0 rings (SSSR count). The molecule has 0 aliphatic carbocycles. The van der Waals surface area contributed by atoms with Crippen molar-refractivity contribution in [2.45, 2.75) is 181 Å². The number of aliphatic hydroxyl groups excluding tert-OH is 1. The topological polar surface area (TPSA) is 72.8 Å². The summed E-state index contributed by atoms with van der Waals surface area (Å²) in [5, 5.41) is 9.26. The van der Waals surface area contributed by atoms with Crippen molar-refractivity contribution in [1.29, 1.82) is 0 Å². The molecule has 0 aromatic rings. The summed E-state index contributed by atoms with van der Waals surface area (Å²) < 4.78 is 10.2. The largest absolute Gasteiger partial charge is 0.462 e. The third-order valence-corrected chi connectivity index (χ3v) is 7.53. The number of carbonyl (C=O) groups is 2. The molecule has 47 heavy (non-hydrogen) atoms. The van der Waals surface area contributed by atoms with Gasteiger partial charge in [-0.1, -0.05) is 172 Å². The van der Waals surface area contributed by atoms with E-state index in [9.17, 15) is 14.7 Å². The fourth-order valence-electron chi connectivity index (χ4n) is 4.54. The summed E-state index contributed by atoms with van der Waals surface area (Å²) in [7, 11) is 0. The second-order valence-electron chi connectivity index (χ2n) is 12.2. The molecule has 0 radical (unpaired) electrons. The lowest BCUT2D eigenvalue weighted by molar-refractivity contribution is -0.161. The Morgan fingerprint density at radius 1 is 0.489 bits per heavy atom. The van der Waals surface area contributed by atoms with Crippen molar-refractivity contribution in [3.63, 3.8) is 0 Å². The van der Waals surface area contributed by atoms with Crippen molar-refractivity contribution in [2.24, 2.45) is 0 Å². The number of ether oxygens (including phenoxy) is 2. The lowest BCUT2D eigenvalue weighted by Crippen LogP contribution is -2.28. The van der Waals surface area contributed by atoms with Crippen LogP contribution in [-0.2, 0) is 19.1 Å². The highest BCUT2D eigenvalue weighted by molar-refractivity contribution is 5.70. The summed E-state index contributed by atoms with van der Waals surface area (Å²) in [5.41, 5.74) is 0. The van der Waals surface area contributed by atoms with E-state index in [0.29, 0.717) is 12.8 Å². The van der Waals surface area contributed by atoms with Gasteiger partial charge in [-0.05, 0) is 51.4 Å². The Kier molecular flexibility index (Phi) is 41.4. The Balaban J connectivity index is 0. The van der Waals surface area contributed by atoms with Crippen LogP contribution in [0.25, 0.3) is 0 Å². The molecular weight excluding hydrogens is 584 g/mol. The first-order chi connectivity index (χ1) is 23.0. The maximum atomic E-state index is 11.8. The van der Waals surface area contributed by atoms with Crippen LogP contribution in [0.2, 0.25) is 0 Å². The first-order valence-electron chi connectivity index (χ1n) is 19.3. The minimum Gasteiger partial charge on any atom is -0.462 e. The van der Waals surface area contributed by atoms with Crippen molar-refractivity contribution in [3.8, 4) is 0 Å². The number of hydrogen-bond acceptors (Lipinski definition) is 5. The van der Waals surface area contributed by atoms with E-state index in [1.54, 1.807) is 0 Å². The molecule has 0 aliphatic heterocycles. The molecule has 0 aromatic heterocycles. The molecule has 0 amide bonds. The minimum atomic E-state index is -0.795. The summed E-state index contributed by atoms with van der Waals surface area (Å²) in [6.07, 6.45) is 46.8. The highest BCUT2D eigenvalue weighted by atomic mass is 16.6. The van der Waals surface area contributed by atoms with Gasteiger partial charge < -0.3 is 14.6 Å². The molecular formula is C42H74O5. The van der Waals surface area contributed by atoms with Crippen LogP contribution in [-0.4, -0.2) is 36.4 Å². The highest BCUT2D eigenvalue weighted by Crippen LogP contribution is 2.10. The van der Waals surface area contributed by atoms with Crippen LogP contribution in [0.1, 0.15) is 175 Å². The van der Waals surface area contributed by atoms with E-state index in [0.717, 1.165) is 38.5 Å². The molecule has 5 heteroatoms. The molecule has 272 valence electrons. The first kappa shape index (κ1) is 46.7. The number of allylic oxidation sites excluding steroid dienone is 10. The third-order valence-electron chi connectivity index (χ3n) is 7.53. The molecule has 0 bridgehead atoms. The van der Waals surface area contributed by atoms with Crippen molar-refractivity contribution < 1.29 is 24.2 Å². The molecule has 0 aliphatic rings. The van der Waals surface area contributed by atoms with Gasteiger partial charge in [0.1, 0.15) is 6.61 Å². The maximum Gasteiger partial charge on any atom is 0.306 e. The Morgan fingerprint density at radius 2 is 0.894 bits per heavy atom. The Bertz CT molecular complexity index is 798. The van der Waals surface area contributed by atoms with Crippen LogP contribution in [0, 0.1) is 0 Å². The number of carbonyl (C=O) groups excluding carboxylic acids is 2. The van der Waals surface area contributed by atoms with Crippen molar-refractivity contribution in [2.75, 3.05) is 13.2 Å². The molecule has 1 atom stereocenters. The molecule has 0 spiro atoms. The predicted molar refractivity (Wildman–Crippen MR) is 203 cm³/mol. The zero-order valence-electron chi connectivity index (χ0n) is 31.1. The number of aliphatic hydroxyl groups is 1. The van der Waals surface area contributed by atoms with Gasteiger partial charge in [0.2, 0.25) is 0 Å². The van der Waals surface area contributed by atoms with Crippen molar-refractivity contribution >= 4 is 11.9 Å². The Hall–Kier alpha value is -2.40. The zero-order chi connectivity index (χ0) is 34.9. The fraction of sp³-hybridized carbons (Fsp3) is 0.714. The summed E-state index contributed by atoms with van der Waals surface area (Å²) in [4.78, 5) is 23.4. The standard InChI is InChI=1S/C30H48O5.C12H26/c1-3-5-7-8-9-10-11-12-13-14-15-16-17-18-19-20-21-22-23-25-29(32)34-27-28(26-31)35-30(33)24-6-4-2;1-3-5-7-9-11-12-10-8-6-4-2/h9-10,12-13,15-16,18-19,21-22,28,31H,3-8,11,14,17,20,23-27H2,1-2H3;3-12H2,1-2H3/b10-9-,13-12-,16-15-,19-18-,22-21-;/t28-;/m0./s1. The van der Waals surface area contributed by atoms with E-state index in [1.807, 2.05) is 19.1 Å². The van der Waals surface area contributed by atoms with Gasteiger partial charge >= 0.3 is 11.9 Å². The SMILES string of the molecule is CCCCC/C=C\C/C=C\C/C=C\C/C=C\C/C=C\CCC(=O)OC[C@H](CO)OC(=O)CCCC.CCCCCCCCCCCC. The van der Waals surface area contributed by atoms with E-state index in [1.165, 1.54) is 89.9 Å². The smallest absolute Gasteiger partial charge is 0.306 e. The normalized spacial score (nSPS) is 12.4. The molecule has 0 saturated carbocycles. The maximum absolute atomic E-state index is 11.8. The average Bonchev–Trinajstić information content (AvgIpc) is 3.08. The zero-order valence-corrected chi connectivity index (χ0v) is 31.1. The lowest BCUT2D eigenvalue weighted by atomic mass is 10.1. The van der Waals surface area contributed by atoms with Gasteiger partial charge in [0.05, 0.1) is 6.61 Å². The van der Waals surface area contributed by atoms with Gasteiger partial charge in [-0.15, -0.1) is 0 Å². The van der Waals surface area contributed by atoms with E-state index in [2.05, 4.69) is 69.4 Å². The highest BCUT2D eigenvalue weighted by Gasteiger charge is 2.15. The lowest BCUT2D eigenvalue weighted by Gasteiger charge is -2.15. The van der Waals surface area contributed by atoms with Gasteiger partial charge in [-0.2, -0.15) is 0 Å². The number of rotatable bonds is 31. The quantitative estimate of drug-likeness (QED) is 0.0456. The van der Waals surface area contributed by atoms with Gasteiger partial charge in [0.25, 0.3) is 0 Å². The predicted octanol–water partition coefficient (Wildman–Crippen LogP) is 12.3. The second kappa shape index (κ2) is 41.6.